The molecule has 2 unspecified atom stereocenters. The minimum Gasteiger partial charge on any atom is -0.366 e. The first kappa shape index (κ1) is 17.1. The fourth-order valence-electron chi connectivity index (χ4n) is 4.41. The summed E-state index contributed by atoms with van der Waals surface area (Å²) in [5.74, 6) is 3.18. The molecule has 1 amide bonds. The Bertz CT molecular complexity index is 1030. The zero-order chi connectivity index (χ0) is 19.3. The molecule has 0 bridgehead atoms. The Morgan fingerprint density at radius 2 is 1.93 bits per heavy atom. The highest BCUT2D eigenvalue weighted by Crippen LogP contribution is 2.55. The van der Waals surface area contributed by atoms with Gasteiger partial charge in [-0.2, -0.15) is 5.10 Å². The number of amides is 1. The molecule has 3 N–H and O–H groups in total. The van der Waals surface area contributed by atoms with Gasteiger partial charge in [-0.05, 0) is 49.5 Å². The molecule has 0 radical (unpaired) electrons. The maximum Gasteiger partial charge on any atom is 0.248 e. The summed E-state index contributed by atoms with van der Waals surface area (Å²) in [5.41, 5.74) is 9.21. The van der Waals surface area contributed by atoms with Crippen LogP contribution in [0.25, 0.3) is 11.4 Å². The monoisotopic (exact) mass is 373 g/mol. The number of aromatic nitrogens is 3. The number of primary amides is 1. The van der Waals surface area contributed by atoms with Gasteiger partial charge in [0.05, 0.1) is 6.54 Å². The van der Waals surface area contributed by atoms with Crippen molar-refractivity contribution in [2.24, 2.45) is 17.6 Å². The van der Waals surface area contributed by atoms with Crippen molar-refractivity contribution in [3.8, 4) is 11.4 Å². The number of nitrogens with one attached hydrogen (secondary N) is 1. The molecule has 2 aromatic carbocycles. The van der Waals surface area contributed by atoms with E-state index in [0.717, 1.165) is 24.5 Å². The summed E-state index contributed by atoms with van der Waals surface area (Å²) in [5, 5.41) is 8.29. The fraction of sp³-hybridized carbons (Fsp3) is 0.318. The lowest BCUT2D eigenvalue weighted by molar-refractivity contribution is 0.100. The zero-order valence-corrected chi connectivity index (χ0v) is 15.8. The van der Waals surface area contributed by atoms with E-state index in [1.54, 1.807) is 12.1 Å². The van der Waals surface area contributed by atoms with Crippen molar-refractivity contribution in [2.45, 2.75) is 19.4 Å². The quantitative estimate of drug-likeness (QED) is 0.719. The molecule has 2 fully saturated rings. The first-order valence-electron chi connectivity index (χ1n) is 9.71. The number of carbonyl (C=O) groups excluding carboxylic acids is 1. The molecular weight excluding hydrogens is 350 g/mol. The van der Waals surface area contributed by atoms with Gasteiger partial charge in [0.1, 0.15) is 5.82 Å². The second-order valence-corrected chi connectivity index (χ2v) is 7.89. The molecule has 0 spiro atoms. The van der Waals surface area contributed by atoms with Crippen molar-refractivity contribution in [3.05, 3.63) is 71.0 Å². The second-order valence-electron chi connectivity index (χ2n) is 7.89. The van der Waals surface area contributed by atoms with Crippen LogP contribution in [0.1, 0.15) is 33.2 Å². The van der Waals surface area contributed by atoms with Gasteiger partial charge in [0.25, 0.3) is 0 Å². The van der Waals surface area contributed by atoms with Gasteiger partial charge in [-0.3, -0.25) is 4.79 Å². The highest BCUT2D eigenvalue weighted by atomic mass is 16.1. The summed E-state index contributed by atoms with van der Waals surface area (Å²) in [6, 6.07) is 15.7. The van der Waals surface area contributed by atoms with E-state index in [4.69, 9.17) is 15.8 Å². The van der Waals surface area contributed by atoms with Gasteiger partial charge in [0.15, 0.2) is 5.82 Å². The van der Waals surface area contributed by atoms with Crippen LogP contribution in [-0.2, 0) is 6.54 Å². The Hall–Kier alpha value is -2.99. The predicted octanol–water partition coefficient (Wildman–Crippen LogP) is 2.33. The van der Waals surface area contributed by atoms with Crippen LogP contribution in [0.3, 0.4) is 0 Å². The van der Waals surface area contributed by atoms with E-state index in [0.29, 0.717) is 35.7 Å². The standard InChI is InChI=1S/C22H23N5O/c1-13-3-2-4-14(9-13)12-27-22(19-17-10-24-11-18(17)19)25-21(26-27)16-7-5-15(6-8-16)20(23)28/h2-9,17-19,24H,10-12H2,1H3,(H2,23,28). The largest absolute Gasteiger partial charge is 0.366 e. The molecule has 1 saturated heterocycles. The number of nitrogens with zero attached hydrogens (tertiary/aromatic N) is 3. The Balaban J connectivity index is 1.50. The molecule has 142 valence electrons. The lowest BCUT2D eigenvalue weighted by Crippen LogP contribution is -2.16. The van der Waals surface area contributed by atoms with Crippen molar-refractivity contribution < 1.29 is 4.79 Å². The van der Waals surface area contributed by atoms with E-state index in [-0.39, 0.29) is 0 Å². The van der Waals surface area contributed by atoms with E-state index in [1.165, 1.54) is 11.1 Å². The number of hydrogen-bond donors (Lipinski definition) is 2. The van der Waals surface area contributed by atoms with E-state index < -0.39 is 5.91 Å². The molecule has 1 aliphatic heterocycles. The van der Waals surface area contributed by atoms with Gasteiger partial charge < -0.3 is 11.1 Å². The Morgan fingerprint density at radius 1 is 1.18 bits per heavy atom. The molecule has 2 aliphatic rings. The molecular formula is C22H23N5O. The predicted molar refractivity (Wildman–Crippen MR) is 107 cm³/mol. The van der Waals surface area contributed by atoms with Crippen molar-refractivity contribution in [2.75, 3.05) is 13.1 Å². The summed E-state index contributed by atoms with van der Waals surface area (Å²) in [4.78, 5) is 16.3. The summed E-state index contributed by atoms with van der Waals surface area (Å²) < 4.78 is 2.06. The third kappa shape index (κ3) is 2.99. The Morgan fingerprint density at radius 3 is 2.61 bits per heavy atom. The van der Waals surface area contributed by atoms with Crippen LogP contribution in [0.2, 0.25) is 0 Å². The van der Waals surface area contributed by atoms with Crippen LogP contribution in [0, 0.1) is 18.8 Å². The number of hydrogen-bond acceptors (Lipinski definition) is 4. The molecule has 5 rings (SSSR count). The number of benzene rings is 2. The lowest BCUT2D eigenvalue weighted by Gasteiger charge is -2.08. The molecule has 1 aliphatic carbocycles. The third-order valence-corrected chi connectivity index (χ3v) is 5.93. The average Bonchev–Trinajstić information content (AvgIpc) is 3.03. The molecule has 1 saturated carbocycles. The number of piperidine rings is 1. The number of rotatable bonds is 5. The minimum absolute atomic E-state index is 0.427. The second kappa shape index (κ2) is 6.56. The van der Waals surface area contributed by atoms with Crippen LogP contribution in [0.15, 0.2) is 48.5 Å². The SMILES string of the molecule is Cc1cccc(Cn2nc(-c3ccc(C(N)=O)cc3)nc2C2C3CNCC32)c1. The molecule has 6 nitrogen and oxygen atoms in total. The van der Waals surface area contributed by atoms with Crippen molar-refractivity contribution in [3.63, 3.8) is 0 Å². The smallest absolute Gasteiger partial charge is 0.248 e. The van der Waals surface area contributed by atoms with E-state index in [9.17, 15) is 4.79 Å². The van der Waals surface area contributed by atoms with Crippen LogP contribution >= 0.6 is 0 Å². The number of fused-ring (bicyclic) bond motifs is 1. The minimum atomic E-state index is -0.427. The number of carbonyl (C=O) groups is 1. The Labute approximate surface area is 163 Å². The maximum absolute atomic E-state index is 11.3. The molecule has 6 heteroatoms. The van der Waals surface area contributed by atoms with Crippen LogP contribution in [-0.4, -0.2) is 33.8 Å². The molecule has 28 heavy (non-hydrogen) atoms. The van der Waals surface area contributed by atoms with E-state index in [1.807, 2.05) is 12.1 Å². The summed E-state index contributed by atoms with van der Waals surface area (Å²) in [7, 11) is 0. The van der Waals surface area contributed by atoms with Gasteiger partial charge in [0.2, 0.25) is 5.91 Å². The molecule has 2 atom stereocenters. The summed E-state index contributed by atoms with van der Waals surface area (Å²) in [6.07, 6.45) is 0. The van der Waals surface area contributed by atoms with Gasteiger partial charge in [-0.1, -0.05) is 42.0 Å². The van der Waals surface area contributed by atoms with E-state index >= 15 is 0 Å². The summed E-state index contributed by atoms with van der Waals surface area (Å²) >= 11 is 0. The highest BCUT2D eigenvalue weighted by Gasteiger charge is 2.56. The van der Waals surface area contributed by atoms with E-state index in [2.05, 4.69) is 41.2 Å². The third-order valence-electron chi connectivity index (χ3n) is 5.93. The van der Waals surface area contributed by atoms with Crippen molar-refractivity contribution in [1.82, 2.24) is 20.1 Å². The topological polar surface area (TPSA) is 85.8 Å². The van der Waals surface area contributed by atoms with Crippen LogP contribution in [0.5, 0.6) is 0 Å². The molecule has 1 aromatic heterocycles. The van der Waals surface area contributed by atoms with Crippen molar-refractivity contribution in [1.29, 1.82) is 0 Å². The lowest BCUT2D eigenvalue weighted by atomic mass is 10.1. The molecule has 3 aromatic rings. The van der Waals surface area contributed by atoms with Gasteiger partial charge in [0, 0.05) is 17.0 Å². The summed E-state index contributed by atoms with van der Waals surface area (Å²) in [6.45, 7) is 4.95. The normalized spacial score (nSPS) is 22.8. The Kier molecular flexibility index (Phi) is 4.02. The van der Waals surface area contributed by atoms with Gasteiger partial charge in [-0.25, -0.2) is 9.67 Å². The first-order chi connectivity index (χ1) is 13.6. The maximum atomic E-state index is 11.3. The van der Waals surface area contributed by atoms with Crippen LogP contribution in [0.4, 0.5) is 0 Å². The molecule has 2 heterocycles. The van der Waals surface area contributed by atoms with Crippen LogP contribution < -0.4 is 11.1 Å². The fourth-order valence-corrected chi connectivity index (χ4v) is 4.41. The van der Waals surface area contributed by atoms with Crippen molar-refractivity contribution >= 4 is 5.91 Å². The highest BCUT2D eigenvalue weighted by molar-refractivity contribution is 5.93. The average molecular weight is 373 g/mol. The number of aryl methyl sites for hydroxylation is 1. The van der Waals surface area contributed by atoms with Gasteiger partial charge in [-0.15, -0.1) is 0 Å². The first-order valence-corrected chi connectivity index (χ1v) is 9.71. The zero-order valence-electron chi connectivity index (χ0n) is 15.8. The number of nitrogens with two attached hydrogens (primary N) is 1. The van der Waals surface area contributed by atoms with Gasteiger partial charge >= 0.3 is 0 Å².